The lowest BCUT2D eigenvalue weighted by Crippen LogP contribution is -2.53. The number of carbonyl (C=O) groups excluding carboxylic acids is 2. The highest BCUT2D eigenvalue weighted by Gasteiger charge is 2.29. The van der Waals surface area contributed by atoms with E-state index in [1.165, 1.54) is 11.8 Å². The molecule has 1 N–H and O–H groups in total. The molecule has 0 saturated carbocycles. The van der Waals surface area contributed by atoms with Crippen molar-refractivity contribution in [3.05, 3.63) is 24.3 Å². The molecule has 0 radical (unpaired) electrons. The molecule has 1 aromatic rings. The van der Waals surface area contributed by atoms with Gasteiger partial charge in [-0.1, -0.05) is 12.1 Å². The Morgan fingerprint density at radius 2 is 1.96 bits per heavy atom. The van der Waals surface area contributed by atoms with Crippen LogP contribution in [0.4, 0.5) is 5.69 Å². The number of rotatable bonds is 4. The Kier molecular flexibility index (Phi) is 5.43. The molecule has 1 fully saturated rings. The fourth-order valence-electron chi connectivity index (χ4n) is 3.12. The minimum atomic E-state index is -0.354. The average Bonchev–Trinajstić information content (AvgIpc) is 2.57. The van der Waals surface area contributed by atoms with Crippen molar-refractivity contribution in [3.8, 4) is 0 Å². The summed E-state index contributed by atoms with van der Waals surface area (Å²) in [6, 6.07) is 7.72. The van der Waals surface area contributed by atoms with E-state index in [2.05, 4.69) is 4.90 Å². The molecule has 0 spiro atoms. The normalized spacial score (nSPS) is 20.0. The lowest BCUT2D eigenvalue weighted by molar-refractivity contribution is -0.132. The molecule has 1 saturated heterocycles. The number of piperazine rings is 1. The maximum atomic E-state index is 12.6. The van der Waals surface area contributed by atoms with Crippen LogP contribution >= 0.6 is 11.8 Å². The summed E-state index contributed by atoms with van der Waals surface area (Å²) in [7, 11) is 0. The molecule has 1 aromatic carbocycles. The first-order chi connectivity index (χ1) is 11.5. The van der Waals surface area contributed by atoms with Gasteiger partial charge in [0.1, 0.15) is 6.54 Å². The molecule has 130 valence electrons. The second-order valence-electron chi connectivity index (χ2n) is 6.27. The summed E-state index contributed by atoms with van der Waals surface area (Å²) >= 11 is 1.52. The zero-order chi connectivity index (χ0) is 17.1. The van der Waals surface area contributed by atoms with E-state index in [4.69, 9.17) is 0 Å². The third kappa shape index (κ3) is 3.91. The molecule has 0 bridgehead atoms. The van der Waals surface area contributed by atoms with Crippen LogP contribution in [0, 0.1) is 0 Å². The highest BCUT2D eigenvalue weighted by Crippen LogP contribution is 2.34. The number of benzene rings is 1. The summed E-state index contributed by atoms with van der Waals surface area (Å²) in [4.78, 5) is 31.5. The predicted octanol–water partition coefficient (Wildman–Crippen LogP) is 0.650. The van der Waals surface area contributed by atoms with Crippen LogP contribution in [0.5, 0.6) is 0 Å². The number of nitrogens with zero attached hydrogens (tertiary/aromatic N) is 3. The number of β-amino-alcohol motifs (C(OH)–C–C–N with tert-alkyl or cyclic N) is 1. The van der Waals surface area contributed by atoms with Crippen molar-refractivity contribution in [2.24, 2.45) is 0 Å². The van der Waals surface area contributed by atoms with Gasteiger partial charge in [-0.25, -0.2) is 0 Å². The third-order valence-corrected chi connectivity index (χ3v) is 5.40. The minimum absolute atomic E-state index is 0.0123. The Labute approximate surface area is 146 Å². The molecule has 2 aliphatic rings. The van der Waals surface area contributed by atoms with Crippen LogP contribution in [0.2, 0.25) is 0 Å². The molecule has 1 atom stereocenters. The maximum Gasteiger partial charge on any atom is 0.242 e. The maximum absolute atomic E-state index is 12.6. The number of fused-ring (bicyclic) bond motifs is 1. The van der Waals surface area contributed by atoms with E-state index in [1.807, 2.05) is 29.2 Å². The van der Waals surface area contributed by atoms with Gasteiger partial charge < -0.3 is 14.9 Å². The van der Waals surface area contributed by atoms with Gasteiger partial charge in [0.05, 0.1) is 17.5 Å². The quantitative estimate of drug-likeness (QED) is 0.865. The van der Waals surface area contributed by atoms with Crippen molar-refractivity contribution < 1.29 is 14.7 Å². The summed E-state index contributed by atoms with van der Waals surface area (Å²) in [5, 5.41) is 9.45. The molecular formula is C17H23N3O3S. The summed E-state index contributed by atoms with van der Waals surface area (Å²) in [5.41, 5.74) is 0.833. The summed E-state index contributed by atoms with van der Waals surface area (Å²) < 4.78 is 0. The highest BCUT2D eigenvalue weighted by atomic mass is 32.2. The first-order valence-electron chi connectivity index (χ1n) is 8.25. The standard InChI is InChI=1S/C17H23N3O3S/c1-13(21)10-18-6-8-19(9-7-18)16(22)11-20-14-4-2-3-5-15(14)24-12-17(20)23/h2-5,13,21H,6-12H2,1H3. The van der Waals surface area contributed by atoms with Crippen LogP contribution in [0.25, 0.3) is 0 Å². The van der Waals surface area contributed by atoms with Gasteiger partial charge in [0.2, 0.25) is 11.8 Å². The molecule has 2 aliphatic heterocycles. The Morgan fingerprint density at radius 1 is 1.25 bits per heavy atom. The van der Waals surface area contributed by atoms with Gasteiger partial charge >= 0.3 is 0 Å². The Morgan fingerprint density at radius 3 is 2.67 bits per heavy atom. The van der Waals surface area contributed by atoms with Gasteiger partial charge in [-0.05, 0) is 19.1 Å². The van der Waals surface area contributed by atoms with Crippen molar-refractivity contribution in [1.29, 1.82) is 0 Å². The lowest BCUT2D eigenvalue weighted by atomic mass is 10.2. The topological polar surface area (TPSA) is 64.1 Å². The minimum Gasteiger partial charge on any atom is -0.392 e. The van der Waals surface area contributed by atoms with Crippen LogP contribution in [-0.4, -0.2) is 77.8 Å². The van der Waals surface area contributed by atoms with Crippen LogP contribution in [-0.2, 0) is 9.59 Å². The molecule has 0 aromatic heterocycles. The van der Waals surface area contributed by atoms with Crippen molar-refractivity contribution in [2.75, 3.05) is 49.9 Å². The molecule has 2 amide bonds. The first kappa shape index (κ1) is 17.3. The zero-order valence-electron chi connectivity index (χ0n) is 13.9. The van der Waals surface area contributed by atoms with E-state index in [9.17, 15) is 14.7 Å². The molecule has 1 unspecified atom stereocenters. The van der Waals surface area contributed by atoms with Crippen molar-refractivity contribution >= 4 is 29.3 Å². The van der Waals surface area contributed by atoms with Gasteiger partial charge in [0, 0.05) is 37.6 Å². The molecule has 7 heteroatoms. The van der Waals surface area contributed by atoms with Crippen LogP contribution in [0.15, 0.2) is 29.2 Å². The van der Waals surface area contributed by atoms with Gasteiger partial charge in [-0.2, -0.15) is 0 Å². The number of aliphatic hydroxyl groups excluding tert-OH is 1. The predicted molar refractivity (Wildman–Crippen MR) is 94.2 cm³/mol. The first-order valence-corrected chi connectivity index (χ1v) is 9.23. The summed E-state index contributed by atoms with van der Waals surface area (Å²) in [5.74, 6) is 0.355. The Bertz CT molecular complexity index is 615. The van der Waals surface area contributed by atoms with Gasteiger partial charge in [0.25, 0.3) is 0 Å². The second kappa shape index (κ2) is 7.55. The highest BCUT2D eigenvalue weighted by molar-refractivity contribution is 8.00. The monoisotopic (exact) mass is 349 g/mol. The van der Waals surface area contributed by atoms with Crippen molar-refractivity contribution in [3.63, 3.8) is 0 Å². The van der Waals surface area contributed by atoms with Gasteiger partial charge in [-0.15, -0.1) is 11.8 Å². The van der Waals surface area contributed by atoms with Gasteiger partial charge in [0.15, 0.2) is 0 Å². The van der Waals surface area contributed by atoms with E-state index in [-0.39, 0.29) is 24.5 Å². The smallest absolute Gasteiger partial charge is 0.242 e. The van der Waals surface area contributed by atoms with E-state index in [0.29, 0.717) is 25.4 Å². The van der Waals surface area contributed by atoms with Crippen LogP contribution in [0.3, 0.4) is 0 Å². The van der Waals surface area contributed by atoms with Crippen LogP contribution < -0.4 is 4.90 Å². The van der Waals surface area contributed by atoms with Crippen molar-refractivity contribution in [2.45, 2.75) is 17.9 Å². The fraction of sp³-hybridized carbons (Fsp3) is 0.529. The van der Waals surface area contributed by atoms with E-state index in [0.717, 1.165) is 23.7 Å². The Balaban J connectivity index is 1.60. The van der Waals surface area contributed by atoms with Gasteiger partial charge in [-0.3, -0.25) is 14.5 Å². The van der Waals surface area contributed by atoms with Crippen LogP contribution in [0.1, 0.15) is 6.92 Å². The third-order valence-electron chi connectivity index (χ3n) is 4.35. The van der Waals surface area contributed by atoms with E-state index >= 15 is 0 Å². The number of hydrogen-bond acceptors (Lipinski definition) is 5. The number of anilines is 1. The fourth-order valence-corrected chi connectivity index (χ4v) is 4.05. The van der Waals surface area contributed by atoms with E-state index < -0.39 is 0 Å². The number of carbonyl (C=O) groups is 2. The number of thioether (sulfide) groups is 1. The van der Waals surface area contributed by atoms with Crippen molar-refractivity contribution in [1.82, 2.24) is 9.80 Å². The Hall–Kier alpha value is -1.57. The number of amides is 2. The molecule has 3 rings (SSSR count). The zero-order valence-corrected chi connectivity index (χ0v) is 14.7. The number of hydrogen-bond donors (Lipinski definition) is 1. The molecular weight excluding hydrogens is 326 g/mol. The second-order valence-corrected chi connectivity index (χ2v) is 7.28. The molecule has 0 aliphatic carbocycles. The molecule has 24 heavy (non-hydrogen) atoms. The molecule has 2 heterocycles. The van der Waals surface area contributed by atoms with E-state index in [1.54, 1.807) is 11.8 Å². The number of aliphatic hydroxyl groups is 1. The number of para-hydroxylation sites is 1. The molecule has 6 nitrogen and oxygen atoms in total. The SMILES string of the molecule is CC(O)CN1CCN(C(=O)CN2C(=O)CSc3ccccc32)CC1. The summed E-state index contributed by atoms with van der Waals surface area (Å²) in [6.07, 6.45) is -0.354. The largest absolute Gasteiger partial charge is 0.392 e. The lowest BCUT2D eigenvalue weighted by Gasteiger charge is -2.37. The summed E-state index contributed by atoms with van der Waals surface area (Å²) in [6.45, 7) is 5.32. The average molecular weight is 349 g/mol.